The summed E-state index contributed by atoms with van der Waals surface area (Å²) in [6, 6.07) is 0. The fourth-order valence-electron chi connectivity index (χ4n) is 1.89. The fourth-order valence-corrected chi connectivity index (χ4v) is 2.86. The lowest BCUT2D eigenvalue weighted by atomic mass is 9.93. The molecule has 0 aliphatic carbocycles. The summed E-state index contributed by atoms with van der Waals surface area (Å²) in [5.74, 6) is 0.454. The van der Waals surface area contributed by atoms with E-state index in [2.05, 4.69) is 36.4 Å². The highest BCUT2D eigenvalue weighted by atomic mass is 127. The highest BCUT2D eigenvalue weighted by Gasteiger charge is 2.41. The van der Waals surface area contributed by atoms with Gasteiger partial charge in [0.25, 0.3) is 0 Å². The maximum absolute atomic E-state index is 11.3. The molecule has 0 bridgehead atoms. The summed E-state index contributed by atoms with van der Waals surface area (Å²) in [5, 5.41) is 0. The van der Waals surface area contributed by atoms with Crippen LogP contribution in [0.4, 0.5) is 0 Å². The van der Waals surface area contributed by atoms with E-state index in [0.29, 0.717) is 5.92 Å². The standard InChI is InChI=1S/C10H17IO2/c1-3-5-7-8(6-4-2)13-10(12)9(7)11/h7-9H,3-6H2,1-2H3. The molecule has 2 nitrogen and oxygen atoms in total. The third-order valence-corrected chi connectivity index (χ3v) is 3.97. The highest BCUT2D eigenvalue weighted by Crippen LogP contribution is 2.34. The van der Waals surface area contributed by atoms with Crippen LogP contribution in [0, 0.1) is 5.92 Å². The van der Waals surface area contributed by atoms with Crippen LogP contribution in [0.1, 0.15) is 39.5 Å². The monoisotopic (exact) mass is 296 g/mol. The molecule has 0 amide bonds. The predicted octanol–water partition coefficient (Wildman–Crippen LogP) is 2.93. The minimum absolute atomic E-state index is 0.00231. The summed E-state index contributed by atoms with van der Waals surface area (Å²) < 4.78 is 5.42. The van der Waals surface area contributed by atoms with Gasteiger partial charge in [0.2, 0.25) is 0 Å². The molecule has 3 atom stereocenters. The van der Waals surface area contributed by atoms with Crippen molar-refractivity contribution >= 4 is 28.6 Å². The van der Waals surface area contributed by atoms with Crippen LogP contribution in [0.3, 0.4) is 0 Å². The first-order valence-electron chi connectivity index (χ1n) is 5.05. The van der Waals surface area contributed by atoms with E-state index in [0.717, 1.165) is 25.7 Å². The van der Waals surface area contributed by atoms with E-state index in [-0.39, 0.29) is 16.0 Å². The second kappa shape index (κ2) is 5.17. The van der Waals surface area contributed by atoms with Gasteiger partial charge >= 0.3 is 5.97 Å². The maximum Gasteiger partial charge on any atom is 0.319 e. The average Bonchev–Trinajstić information content (AvgIpc) is 2.34. The van der Waals surface area contributed by atoms with Gasteiger partial charge in [-0.15, -0.1) is 0 Å². The van der Waals surface area contributed by atoms with E-state index in [1.165, 1.54) is 0 Å². The highest BCUT2D eigenvalue weighted by molar-refractivity contribution is 14.1. The molecule has 3 heteroatoms. The van der Waals surface area contributed by atoms with Gasteiger partial charge in [0.15, 0.2) is 0 Å². The summed E-state index contributed by atoms with van der Waals surface area (Å²) >= 11 is 2.22. The van der Waals surface area contributed by atoms with Crippen molar-refractivity contribution in [1.82, 2.24) is 0 Å². The van der Waals surface area contributed by atoms with Gasteiger partial charge in [-0.1, -0.05) is 49.3 Å². The van der Waals surface area contributed by atoms with E-state index in [1.807, 2.05) is 0 Å². The molecule has 76 valence electrons. The lowest BCUT2D eigenvalue weighted by Crippen LogP contribution is -2.20. The predicted molar refractivity (Wildman–Crippen MR) is 61.0 cm³/mol. The molecule has 13 heavy (non-hydrogen) atoms. The minimum atomic E-state index is -0.00231. The lowest BCUT2D eigenvalue weighted by Gasteiger charge is -2.16. The van der Waals surface area contributed by atoms with Crippen molar-refractivity contribution in [2.45, 2.75) is 49.6 Å². The zero-order valence-corrected chi connectivity index (χ0v) is 10.4. The quantitative estimate of drug-likeness (QED) is 0.453. The van der Waals surface area contributed by atoms with Crippen LogP contribution < -0.4 is 0 Å². The van der Waals surface area contributed by atoms with E-state index in [4.69, 9.17) is 4.74 Å². The lowest BCUT2D eigenvalue weighted by molar-refractivity contribution is -0.141. The van der Waals surface area contributed by atoms with E-state index in [9.17, 15) is 4.79 Å². The Labute approximate surface area is 93.6 Å². The van der Waals surface area contributed by atoms with Crippen LogP contribution in [0.15, 0.2) is 0 Å². The molecule has 1 aliphatic heterocycles. The Bertz CT molecular complexity index is 182. The summed E-state index contributed by atoms with van der Waals surface area (Å²) in [6.45, 7) is 4.30. The molecule has 1 rings (SSSR count). The molecule has 0 aromatic rings. The van der Waals surface area contributed by atoms with Crippen molar-refractivity contribution in [2.24, 2.45) is 5.92 Å². The van der Waals surface area contributed by atoms with Crippen LogP contribution in [0.2, 0.25) is 0 Å². The van der Waals surface area contributed by atoms with Gasteiger partial charge in [-0.3, -0.25) is 4.79 Å². The zero-order chi connectivity index (χ0) is 9.84. The zero-order valence-electron chi connectivity index (χ0n) is 8.25. The molecule has 1 aliphatic rings. The molecular weight excluding hydrogens is 279 g/mol. The van der Waals surface area contributed by atoms with Gasteiger partial charge < -0.3 is 4.74 Å². The number of hydrogen-bond acceptors (Lipinski definition) is 2. The van der Waals surface area contributed by atoms with Gasteiger partial charge in [-0.25, -0.2) is 0 Å². The van der Waals surface area contributed by atoms with Crippen LogP contribution in [0.5, 0.6) is 0 Å². The van der Waals surface area contributed by atoms with Crippen LogP contribution in [0.25, 0.3) is 0 Å². The largest absolute Gasteiger partial charge is 0.461 e. The average molecular weight is 296 g/mol. The Morgan fingerprint density at radius 3 is 2.46 bits per heavy atom. The Morgan fingerprint density at radius 2 is 1.92 bits per heavy atom. The molecule has 1 saturated heterocycles. The molecule has 3 unspecified atom stereocenters. The third kappa shape index (κ3) is 2.58. The summed E-state index contributed by atoms with van der Waals surface area (Å²) in [4.78, 5) is 11.3. The van der Waals surface area contributed by atoms with Gasteiger partial charge in [-0.2, -0.15) is 0 Å². The normalized spacial score (nSPS) is 33.5. The Hall–Kier alpha value is 0.200. The van der Waals surface area contributed by atoms with Crippen molar-refractivity contribution in [3.63, 3.8) is 0 Å². The van der Waals surface area contributed by atoms with Gasteiger partial charge in [0.1, 0.15) is 10.0 Å². The molecule has 0 aromatic carbocycles. The topological polar surface area (TPSA) is 26.3 Å². The SMILES string of the molecule is CCCC1OC(=O)C(I)C1CCC. The first-order valence-corrected chi connectivity index (χ1v) is 6.29. The fraction of sp³-hybridized carbons (Fsp3) is 0.900. The number of cyclic esters (lactones) is 1. The number of esters is 1. The Kier molecular flexibility index (Phi) is 4.49. The number of carbonyl (C=O) groups excluding carboxylic acids is 1. The number of rotatable bonds is 4. The first-order chi connectivity index (χ1) is 6.20. The summed E-state index contributed by atoms with van der Waals surface area (Å²) in [7, 11) is 0. The Balaban J connectivity index is 2.57. The van der Waals surface area contributed by atoms with Crippen molar-refractivity contribution in [3.05, 3.63) is 0 Å². The summed E-state index contributed by atoms with van der Waals surface area (Å²) in [5.41, 5.74) is 0. The second-order valence-corrected chi connectivity index (χ2v) is 4.96. The van der Waals surface area contributed by atoms with Crippen LogP contribution >= 0.6 is 22.6 Å². The minimum Gasteiger partial charge on any atom is -0.461 e. The van der Waals surface area contributed by atoms with Gasteiger partial charge in [0.05, 0.1) is 0 Å². The molecule has 0 aromatic heterocycles. The van der Waals surface area contributed by atoms with Crippen LogP contribution in [-0.2, 0) is 9.53 Å². The van der Waals surface area contributed by atoms with Crippen molar-refractivity contribution in [1.29, 1.82) is 0 Å². The number of hydrogen-bond donors (Lipinski definition) is 0. The Morgan fingerprint density at radius 1 is 1.31 bits per heavy atom. The number of ether oxygens (including phenoxy) is 1. The first kappa shape index (κ1) is 11.3. The number of halogens is 1. The number of alkyl halides is 1. The van der Waals surface area contributed by atoms with Gasteiger partial charge in [0, 0.05) is 5.92 Å². The second-order valence-electron chi connectivity index (χ2n) is 3.62. The van der Waals surface area contributed by atoms with Gasteiger partial charge in [-0.05, 0) is 12.8 Å². The number of carbonyl (C=O) groups is 1. The van der Waals surface area contributed by atoms with E-state index >= 15 is 0 Å². The maximum atomic E-state index is 11.3. The molecule has 0 spiro atoms. The third-order valence-electron chi connectivity index (χ3n) is 2.54. The molecule has 0 saturated carbocycles. The van der Waals surface area contributed by atoms with E-state index < -0.39 is 0 Å². The van der Waals surface area contributed by atoms with Crippen molar-refractivity contribution in [3.8, 4) is 0 Å². The van der Waals surface area contributed by atoms with Crippen molar-refractivity contribution in [2.75, 3.05) is 0 Å². The van der Waals surface area contributed by atoms with E-state index in [1.54, 1.807) is 0 Å². The molecule has 1 heterocycles. The smallest absolute Gasteiger partial charge is 0.319 e. The molecule has 0 N–H and O–H groups in total. The summed E-state index contributed by atoms with van der Waals surface area (Å²) in [6.07, 6.45) is 4.57. The molecule has 0 radical (unpaired) electrons. The molecular formula is C10H17IO2. The molecule has 1 fully saturated rings. The van der Waals surface area contributed by atoms with Crippen LogP contribution in [-0.4, -0.2) is 16.0 Å². The van der Waals surface area contributed by atoms with Crippen molar-refractivity contribution < 1.29 is 9.53 Å².